The molecule has 1 aliphatic rings. The number of nitro groups is 1. The molecule has 1 aromatic rings. The Morgan fingerprint density at radius 3 is 2.57 bits per heavy atom. The second kappa shape index (κ2) is 6.35. The van der Waals surface area contributed by atoms with E-state index in [4.69, 9.17) is 4.74 Å². The summed E-state index contributed by atoms with van der Waals surface area (Å²) in [5.74, 6) is -0.238. The Morgan fingerprint density at radius 2 is 2.00 bits per heavy atom. The third kappa shape index (κ3) is 3.13. The van der Waals surface area contributed by atoms with E-state index in [1.54, 1.807) is 6.92 Å². The van der Waals surface area contributed by atoms with Gasteiger partial charge in [0.05, 0.1) is 0 Å². The van der Waals surface area contributed by atoms with E-state index in [9.17, 15) is 14.9 Å². The molecule has 2 unspecified atom stereocenters. The van der Waals surface area contributed by atoms with E-state index in [1.165, 1.54) is 7.11 Å². The van der Waals surface area contributed by atoms with E-state index in [2.05, 4.69) is 0 Å². The van der Waals surface area contributed by atoms with Crippen LogP contribution < -0.4 is 0 Å². The zero-order valence-corrected chi connectivity index (χ0v) is 12.5. The van der Waals surface area contributed by atoms with E-state index >= 15 is 0 Å². The van der Waals surface area contributed by atoms with Crippen LogP contribution in [0.4, 0.5) is 0 Å². The molecule has 0 amide bonds. The van der Waals surface area contributed by atoms with Gasteiger partial charge in [0.25, 0.3) is 0 Å². The maximum absolute atomic E-state index is 11.9. The zero-order valence-electron chi connectivity index (χ0n) is 12.5. The molecule has 2 rings (SSSR count). The highest BCUT2D eigenvalue weighted by Crippen LogP contribution is 2.39. The molecule has 1 aliphatic carbocycles. The number of carbonyl (C=O) groups excluding carboxylic acids is 1. The molecule has 0 spiro atoms. The Bertz CT molecular complexity index is 516. The van der Waals surface area contributed by atoms with Crippen LogP contribution in [0, 0.1) is 16.0 Å². The van der Waals surface area contributed by atoms with Gasteiger partial charge in [-0.15, -0.1) is 0 Å². The number of carbonyl (C=O) groups is 1. The van der Waals surface area contributed by atoms with E-state index in [1.807, 2.05) is 30.3 Å². The summed E-state index contributed by atoms with van der Waals surface area (Å²) >= 11 is 0. The lowest BCUT2D eigenvalue weighted by Gasteiger charge is -2.38. The molecule has 114 valence electrons. The Hall–Kier alpha value is -1.75. The maximum atomic E-state index is 11.9. The maximum Gasteiger partial charge on any atom is 0.248 e. The third-order valence-corrected chi connectivity index (χ3v) is 4.67. The number of rotatable bonds is 5. The molecule has 0 saturated heterocycles. The first-order valence-electron chi connectivity index (χ1n) is 7.21. The highest BCUT2D eigenvalue weighted by Gasteiger charge is 2.56. The Balaban J connectivity index is 2.17. The number of ketones is 1. The van der Waals surface area contributed by atoms with Crippen LogP contribution in [0.2, 0.25) is 0 Å². The monoisotopic (exact) mass is 291 g/mol. The highest BCUT2D eigenvalue weighted by molar-refractivity contribution is 5.80. The lowest BCUT2D eigenvalue weighted by atomic mass is 9.69. The normalized spacial score (nSPS) is 29.3. The molecular formula is C16H21NO4. The second-order valence-corrected chi connectivity index (χ2v) is 5.88. The first-order valence-corrected chi connectivity index (χ1v) is 7.21. The molecule has 0 radical (unpaired) electrons. The summed E-state index contributed by atoms with van der Waals surface area (Å²) in [5, 5.41) is 11.6. The van der Waals surface area contributed by atoms with Crippen molar-refractivity contribution in [3.8, 4) is 0 Å². The smallest absolute Gasteiger partial charge is 0.248 e. The Morgan fingerprint density at radius 1 is 1.33 bits per heavy atom. The summed E-state index contributed by atoms with van der Waals surface area (Å²) in [4.78, 5) is 23.2. The predicted molar refractivity (Wildman–Crippen MR) is 78.7 cm³/mol. The number of aryl methyl sites for hydroxylation is 1. The molecular weight excluding hydrogens is 270 g/mol. The van der Waals surface area contributed by atoms with Gasteiger partial charge < -0.3 is 4.74 Å². The van der Waals surface area contributed by atoms with Crippen molar-refractivity contribution in [3.63, 3.8) is 0 Å². The van der Waals surface area contributed by atoms with Crippen molar-refractivity contribution in [1.82, 2.24) is 0 Å². The van der Waals surface area contributed by atoms with E-state index in [0.29, 0.717) is 6.42 Å². The standard InChI is InChI=1S/C16H21NO4/c1-16(17(19)20)13(10-14(18)11-15(16)21-2)9-8-12-6-4-3-5-7-12/h3-7,13,15H,8-11H2,1-2H3/t13-,15?,16?/m1/s1. The summed E-state index contributed by atoms with van der Waals surface area (Å²) in [6.07, 6.45) is 1.11. The summed E-state index contributed by atoms with van der Waals surface area (Å²) in [5.41, 5.74) is -0.0626. The van der Waals surface area contributed by atoms with Crippen LogP contribution in [0.5, 0.6) is 0 Å². The van der Waals surface area contributed by atoms with Gasteiger partial charge in [-0.05, 0) is 18.4 Å². The Kier molecular flexibility index (Phi) is 4.73. The number of nitrogens with zero attached hydrogens (tertiary/aromatic N) is 1. The van der Waals surface area contributed by atoms with Gasteiger partial charge in [-0.3, -0.25) is 14.9 Å². The van der Waals surface area contributed by atoms with Gasteiger partial charge >= 0.3 is 0 Å². The molecule has 5 heteroatoms. The lowest BCUT2D eigenvalue weighted by molar-refractivity contribution is -0.591. The lowest BCUT2D eigenvalue weighted by Crippen LogP contribution is -2.57. The van der Waals surface area contributed by atoms with Crippen LogP contribution in [-0.2, 0) is 16.0 Å². The van der Waals surface area contributed by atoms with Crippen molar-refractivity contribution >= 4 is 5.78 Å². The first kappa shape index (κ1) is 15.6. The van der Waals surface area contributed by atoms with Crippen molar-refractivity contribution in [3.05, 3.63) is 46.0 Å². The number of ether oxygens (including phenoxy) is 1. The van der Waals surface area contributed by atoms with Crippen LogP contribution in [-0.4, -0.2) is 29.5 Å². The minimum atomic E-state index is -1.20. The van der Waals surface area contributed by atoms with Gasteiger partial charge in [0.1, 0.15) is 11.9 Å². The average molecular weight is 291 g/mol. The number of Topliss-reactive ketones (excluding diaryl/α,β-unsaturated/α-hetero) is 1. The summed E-state index contributed by atoms with van der Waals surface area (Å²) in [6.45, 7) is 1.61. The van der Waals surface area contributed by atoms with Gasteiger partial charge in [-0.1, -0.05) is 30.3 Å². The van der Waals surface area contributed by atoms with Crippen molar-refractivity contribution in [2.75, 3.05) is 7.11 Å². The van der Waals surface area contributed by atoms with Crippen LogP contribution in [0.3, 0.4) is 0 Å². The molecule has 5 nitrogen and oxygen atoms in total. The second-order valence-electron chi connectivity index (χ2n) is 5.88. The van der Waals surface area contributed by atoms with Crippen molar-refractivity contribution in [2.24, 2.45) is 5.92 Å². The van der Waals surface area contributed by atoms with Crippen LogP contribution in [0.25, 0.3) is 0 Å². The summed E-state index contributed by atoms with van der Waals surface area (Å²) in [7, 11) is 1.44. The van der Waals surface area contributed by atoms with Gasteiger partial charge in [0.2, 0.25) is 5.54 Å². The SMILES string of the molecule is COC1CC(=O)C[C@@H](CCc2ccccc2)C1(C)[N+](=O)[O-]. The quantitative estimate of drug-likeness (QED) is 0.617. The van der Waals surface area contributed by atoms with Gasteiger partial charge in [0, 0.05) is 37.7 Å². The average Bonchev–Trinajstić information content (AvgIpc) is 2.48. The van der Waals surface area contributed by atoms with Gasteiger partial charge in [-0.25, -0.2) is 0 Å². The molecule has 0 heterocycles. The fourth-order valence-electron chi connectivity index (χ4n) is 3.21. The topological polar surface area (TPSA) is 69.4 Å². The van der Waals surface area contributed by atoms with E-state index < -0.39 is 11.6 Å². The molecule has 1 saturated carbocycles. The first-order chi connectivity index (χ1) is 9.98. The minimum absolute atomic E-state index is 0.0548. The number of benzene rings is 1. The van der Waals surface area contributed by atoms with Crippen molar-refractivity contribution in [2.45, 2.75) is 44.2 Å². The Labute approximate surface area is 124 Å². The van der Waals surface area contributed by atoms with Gasteiger partial charge in [-0.2, -0.15) is 0 Å². The number of hydrogen-bond acceptors (Lipinski definition) is 4. The predicted octanol–water partition coefficient (Wildman–Crippen LogP) is 2.65. The molecule has 0 aromatic heterocycles. The molecule has 3 atom stereocenters. The molecule has 1 aromatic carbocycles. The molecule has 1 fully saturated rings. The largest absolute Gasteiger partial charge is 0.374 e. The molecule has 0 N–H and O–H groups in total. The van der Waals surface area contributed by atoms with Crippen molar-refractivity contribution in [1.29, 1.82) is 0 Å². The minimum Gasteiger partial charge on any atom is -0.374 e. The summed E-state index contributed by atoms with van der Waals surface area (Å²) < 4.78 is 5.26. The fraction of sp³-hybridized carbons (Fsp3) is 0.562. The number of hydrogen-bond donors (Lipinski definition) is 0. The zero-order chi connectivity index (χ0) is 15.5. The van der Waals surface area contributed by atoms with Crippen molar-refractivity contribution < 1.29 is 14.5 Å². The van der Waals surface area contributed by atoms with E-state index in [0.717, 1.165) is 12.0 Å². The van der Waals surface area contributed by atoms with Crippen LogP contribution >= 0.6 is 0 Å². The van der Waals surface area contributed by atoms with Gasteiger partial charge in [0.15, 0.2) is 0 Å². The fourth-order valence-corrected chi connectivity index (χ4v) is 3.21. The number of methoxy groups -OCH3 is 1. The van der Waals surface area contributed by atoms with E-state index in [-0.39, 0.29) is 29.5 Å². The third-order valence-electron chi connectivity index (χ3n) is 4.67. The summed E-state index contributed by atoms with van der Waals surface area (Å²) in [6, 6.07) is 9.84. The molecule has 0 aliphatic heterocycles. The molecule has 0 bridgehead atoms. The van der Waals surface area contributed by atoms with Crippen LogP contribution in [0.15, 0.2) is 30.3 Å². The molecule has 21 heavy (non-hydrogen) atoms. The highest BCUT2D eigenvalue weighted by atomic mass is 16.6. The van der Waals surface area contributed by atoms with Crippen LogP contribution in [0.1, 0.15) is 31.7 Å².